The summed E-state index contributed by atoms with van der Waals surface area (Å²) in [4.78, 5) is 12.1. The summed E-state index contributed by atoms with van der Waals surface area (Å²) in [5.41, 5.74) is 4.09. The molecule has 1 amide bonds. The number of ether oxygens (including phenoxy) is 1. The van der Waals surface area contributed by atoms with E-state index in [1.807, 2.05) is 50.2 Å². The minimum absolute atomic E-state index is 0.0782. The highest BCUT2D eigenvalue weighted by Gasteiger charge is 2.05. The molecule has 0 spiro atoms. The fraction of sp³-hybridized carbons (Fsp3) is 0.350. The molecule has 0 aliphatic heterocycles. The Kier molecular flexibility index (Phi) is 6.24. The van der Waals surface area contributed by atoms with Gasteiger partial charge in [-0.1, -0.05) is 24.6 Å². The molecule has 0 heterocycles. The van der Waals surface area contributed by atoms with Gasteiger partial charge in [-0.25, -0.2) is 0 Å². The van der Waals surface area contributed by atoms with Gasteiger partial charge < -0.3 is 15.4 Å². The topological polar surface area (TPSA) is 50.4 Å². The van der Waals surface area contributed by atoms with Crippen LogP contribution in [0, 0.1) is 13.8 Å². The number of benzene rings is 2. The molecule has 128 valence electrons. The highest BCUT2D eigenvalue weighted by atomic mass is 16.5. The van der Waals surface area contributed by atoms with Crippen LogP contribution in [0.3, 0.4) is 0 Å². The number of anilines is 2. The smallest absolute Gasteiger partial charge is 0.243 e. The van der Waals surface area contributed by atoms with Crippen molar-refractivity contribution < 1.29 is 9.53 Å². The normalized spacial score (nSPS) is 11.7. The van der Waals surface area contributed by atoms with Gasteiger partial charge >= 0.3 is 0 Å². The molecule has 0 aliphatic rings. The van der Waals surface area contributed by atoms with Gasteiger partial charge in [0, 0.05) is 11.4 Å². The predicted molar refractivity (Wildman–Crippen MR) is 99.9 cm³/mol. The second kappa shape index (κ2) is 8.39. The summed E-state index contributed by atoms with van der Waals surface area (Å²) in [6.45, 7) is 8.44. The maximum atomic E-state index is 12.1. The van der Waals surface area contributed by atoms with Gasteiger partial charge in [-0.05, 0) is 63.1 Å². The molecular formula is C20H26N2O2. The Morgan fingerprint density at radius 2 is 1.83 bits per heavy atom. The van der Waals surface area contributed by atoms with Crippen molar-refractivity contribution in [2.45, 2.75) is 40.2 Å². The molecule has 4 heteroatoms. The molecule has 24 heavy (non-hydrogen) atoms. The minimum atomic E-state index is -0.0782. The van der Waals surface area contributed by atoms with Crippen LogP contribution in [0.15, 0.2) is 42.5 Å². The average molecular weight is 326 g/mol. The number of hydrogen-bond donors (Lipinski definition) is 2. The van der Waals surface area contributed by atoms with Gasteiger partial charge in [0.15, 0.2) is 0 Å². The number of hydrogen-bond acceptors (Lipinski definition) is 3. The van der Waals surface area contributed by atoms with Crippen molar-refractivity contribution in [2.75, 3.05) is 17.2 Å². The van der Waals surface area contributed by atoms with Gasteiger partial charge in [0.25, 0.3) is 0 Å². The van der Waals surface area contributed by atoms with E-state index < -0.39 is 0 Å². The lowest BCUT2D eigenvalue weighted by Gasteiger charge is -2.13. The molecule has 4 nitrogen and oxygen atoms in total. The van der Waals surface area contributed by atoms with E-state index in [0.717, 1.165) is 29.1 Å². The quantitative estimate of drug-likeness (QED) is 0.786. The Bertz CT molecular complexity index is 681. The zero-order valence-corrected chi connectivity index (χ0v) is 14.8. The molecule has 0 fully saturated rings. The first-order valence-corrected chi connectivity index (χ1v) is 8.35. The second-order valence-electron chi connectivity index (χ2n) is 6.08. The third kappa shape index (κ3) is 5.30. The molecule has 2 aromatic carbocycles. The monoisotopic (exact) mass is 326 g/mol. The fourth-order valence-electron chi connectivity index (χ4n) is 2.33. The molecule has 2 aromatic rings. The van der Waals surface area contributed by atoms with E-state index in [-0.39, 0.29) is 18.6 Å². The van der Waals surface area contributed by atoms with Crippen molar-refractivity contribution in [1.29, 1.82) is 0 Å². The van der Waals surface area contributed by atoms with Crippen molar-refractivity contribution in [2.24, 2.45) is 0 Å². The molecule has 0 saturated heterocycles. The molecule has 2 rings (SSSR count). The van der Waals surface area contributed by atoms with Gasteiger partial charge in [0.1, 0.15) is 5.75 Å². The fourth-order valence-corrected chi connectivity index (χ4v) is 2.33. The number of nitrogens with one attached hydrogen (secondary N) is 2. The summed E-state index contributed by atoms with van der Waals surface area (Å²) in [7, 11) is 0. The molecule has 0 aromatic heterocycles. The first kappa shape index (κ1) is 17.9. The van der Waals surface area contributed by atoms with Crippen molar-refractivity contribution >= 4 is 17.3 Å². The summed E-state index contributed by atoms with van der Waals surface area (Å²) in [5, 5.41) is 6.05. The van der Waals surface area contributed by atoms with Crippen LogP contribution in [0.25, 0.3) is 0 Å². The van der Waals surface area contributed by atoms with Gasteiger partial charge in [-0.15, -0.1) is 0 Å². The van der Waals surface area contributed by atoms with E-state index in [9.17, 15) is 4.79 Å². The summed E-state index contributed by atoms with van der Waals surface area (Å²) >= 11 is 0. The zero-order valence-electron chi connectivity index (χ0n) is 14.8. The number of carbonyl (C=O) groups is 1. The summed E-state index contributed by atoms with van der Waals surface area (Å²) in [6.07, 6.45) is 1.15. The Morgan fingerprint density at radius 3 is 2.46 bits per heavy atom. The van der Waals surface area contributed by atoms with Crippen LogP contribution in [-0.4, -0.2) is 18.6 Å². The maximum absolute atomic E-state index is 12.1. The summed E-state index contributed by atoms with van der Waals surface area (Å²) in [5.74, 6) is 0.737. The van der Waals surface area contributed by atoms with E-state index in [4.69, 9.17) is 4.74 Å². The summed E-state index contributed by atoms with van der Waals surface area (Å²) < 4.78 is 5.73. The van der Waals surface area contributed by atoms with Crippen LogP contribution in [0.1, 0.15) is 31.4 Å². The average Bonchev–Trinajstić information content (AvgIpc) is 2.55. The standard InChI is InChI=1S/C20H26N2O2/c1-5-16(4)24-18-9-7-17(8-10-18)22-20(23)13-21-19-11-6-14(2)12-15(19)3/h6-12,16,21H,5,13H2,1-4H3,(H,22,23). The van der Waals surface area contributed by atoms with Gasteiger partial charge in [-0.3, -0.25) is 4.79 Å². The number of aryl methyl sites for hydroxylation is 2. The van der Waals surface area contributed by atoms with Gasteiger partial charge in [0.2, 0.25) is 5.91 Å². The van der Waals surface area contributed by atoms with Crippen LogP contribution >= 0.6 is 0 Å². The lowest BCUT2D eigenvalue weighted by molar-refractivity contribution is -0.114. The first-order valence-electron chi connectivity index (χ1n) is 8.35. The van der Waals surface area contributed by atoms with Crippen LogP contribution < -0.4 is 15.4 Å². The van der Waals surface area contributed by atoms with Crippen LogP contribution in [-0.2, 0) is 4.79 Å². The maximum Gasteiger partial charge on any atom is 0.243 e. The number of amides is 1. The largest absolute Gasteiger partial charge is 0.491 e. The molecule has 0 saturated carbocycles. The van der Waals surface area contributed by atoms with E-state index in [1.165, 1.54) is 5.56 Å². The van der Waals surface area contributed by atoms with Crippen molar-refractivity contribution in [3.8, 4) is 5.75 Å². The van der Waals surface area contributed by atoms with Crippen LogP contribution in [0.5, 0.6) is 5.75 Å². The van der Waals surface area contributed by atoms with Crippen LogP contribution in [0.2, 0.25) is 0 Å². The second-order valence-corrected chi connectivity index (χ2v) is 6.08. The molecule has 1 atom stereocenters. The zero-order chi connectivity index (χ0) is 17.5. The third-order valence-corrected chi connectivity index (χ3v) is 3.87. The van der Waals surface area contributed by atoms with E-state index in [1.54, 1.807) is 0 Å². The molecule has 2 N–H and O–H groups in total. The predicted octanol–water partition coefficient (Wildman–Crippen LogP) is 4.53. The highest BCUT2D eigenvalue weighted by molar-refractivity contribution is 5.93. The summed E-state index contributed by atoms with van der Waals surface area (Å²) in [6, 6.07) is 13.6. The van der Waals surface area contributed by atoms with Gasteiger partial charge in [0.05, 0.1) is 12.6 Å². The van der Waals surface area contributed by atoms with E-state index in [0.29, 0.717) is 0 Å². The third-order valence-electron chi connectivity index (χ3n) is 3.87. The SMILES string of the molecule is CCC(C)Oc1ccc(NC(=O)CNc2ccc(C)cc2C)cc1. The minimum Gasteiger partial charge on any atom is -0.491 e. The molecule has 0 bridgehead atoms. The lowest BCUT2D eigenvalue weighted by Crippen LogP contribution is -2.22. The Hall–Kier alpha value is -2.49. The van der Waals surface area contributed by atoms with Crippen molar-refractivity contribution in [1.82, 2.24) is 0 Å². The van der Waals surface area contributed by atoms with E-state index in [2.05, 4.69) is 30.5 Å². The first-order chi connectivity index (χ1) is 11.5. The molecule has 1 unspecified atom stereocenters. The number of carbonyl (C=O) groups excluding carboxylic acids is 1. The van der Waals surface area contributed by atoms with Crippen molar-refractivity contribution in [3.63, 3.8) is 0 Å². The molecule has 0 radical (unpaired) electrons. The molecular weight excluding hydrogens is 300 g/mol. The Labute approximate surface area is 144 Å². The lowest BCUT2D eigenvalue weighted by atomic mass is 10.1. The van der Waals surface area contributed by atoms with Gasteiger partial charge in [-0.2, -0.15) is 0 Å². The Balaban J connectivity index is 1.85. The van der Waals surface area contributed by atoms with Crippen LogP contribution in [0.4, 0.5) is 11.4 Å². The molecule has 0 aliphatic carbocycles. The van der Waals surface area contributed by atoms with E-state index >= 15 is 0 Å². The highest BCUT2D eigenvalue weighted by Crippen LogP contribution is 2.18. The van der Waals surface area contributed by atoms with Crippen molar-refractivity contribution in [3.05, 3.63) is 53.6 Å². The Morgan fingerprint density at radius 1 is 1.12 bits per heavy atom. The number of rotatable bonds is 7.